The van der Waals surface area contributed by atoms with Crippen molar-refractivity contribution in [3.8, 4) is 0 Å². The number of urea groups is 1. The van der Waals surface area contributed by atoms with Gasteiger partial charge in [0, 0.05) is 32.1 Å². The van der Waals surface area contributed by atoms with Crippen molar-refractivity contribution < 1.29 is 19.2 Å². The van der Waals surface area contributed by atoms with Gasteiger partial charge in [-0.1, -0.05) is 44.2 Å². The van der Waals surface area contributed by atoms with Crippen LogP contribution < -0.4 is 5.32 Å². The second-order valence-electron chi connectivity index (χ2n) is 9.47. The Bertz CT molecular complexity index is 893. The summed E-state index contributed by atoms with van der Waals surface area (Å²) in [6.45, 7) is 5.67. The standard InChI is InChI=1S/C24H32N4O4/c1-17(2)21(30)26-13-10-24(11-14-26)22(31)28(23(32)25-24)19-9-6-12-27(16-19)20(29)15-18-7-4-3-5-8-18/h3-5,7-8,17,19H,6,9-16H2,1-2H3,(H,25,32). The van der Waals surface area contributed by atoms with Crippen molar-refractivity contribution in [2.45, 2.75) is 57.5 Å². The third-order valence-electron chi connectivity index (χ3n) is 6.93. The fourth-order valence-corrected chi connectivity index (χ4v) is 5.06. The summed E-state index contributed by atoms with van der Waals surface area (Å²) in [5, 5.41) is 2.94. The van der Waals surface area contributed by atoms with Crippen LogP contribution in [0, 0.1) is 5.92 Å². The van der Waals surface area contributed by atoms with Crippen LogP contribution in [-0.4, -0.2) is 76.2 Å². The van der Waals surface area contributed by atoms with Gasteiger partial charge in [0.25, 0.3) is 5.91 Å². The fourth-order valence-electron chi connectivity index (χ4n) is 5.06. The molecule has 0 radical (unpaired) electrons. The number of hydrogen-bond donors (Lipinski definition) is 1. The van der Waals surface area contributed by atoms with Crippen molar-refractivity contribution in [1.82, 2.24) is 20.0 Å². The number of nitrogens with one attached hydrogen (secondary N) is 1. The molecular formula is C24H32N4O4. The summed E-state index contributed by atoms with van der Waals surface area (Å²) in [6.07, 6.45) is 2.62. The number of hydrogen-bond acceptors (Lipinski definition) is 4. The van der Waals surface area contributed by atoms with E-state index in [0.717, 1.165) is 12.0 Å². The number of amides is 5. The molecule has 1 aromatic rings. The predicted molar refractivity (Wildman–Crippen MR) is 119 cm³/mol. The van der Waals surface area contributed by atoms with Crippen molar-refractivity contribution in [2.24, 2.45) is 5.92 Å². The molecule has 8 nitrogen and oxygen atoms in total. The van der Waals surface area contributed by atoms with E-state index in [9.17, 15) is 19.2 Å². The molecule has 1 unspecified atom stereocenters. The minimum atomic E-state index is -0.929. The Morgan fingerprint density at radius 1 is 1.06 bits per heavy atom. The zero-order valence-electron chi connectivity index (χ0n) is 18.9. The average molecular weight is 441 g/mol. The molecule has 1 aromatic carbocycles. The Balaban J connectivity index is 1.40. The summed E-state index contributed by atoms with van der Waals surface area (Å²) < 4.78 is 0. The highest BCUT2D eigenvalue weighted by molar-refractivity contribution is 6.07. The van der Waals surface area contributed by atoms with Crippen molar-refractivity contribution >= 4 is 23.8 Å². The summed E-state index contributed by atoms with van der Waals surface area (Å²) in [5.41, 5.74) is 0.0255. The molecule has 1 spiro atoms. The first kappa shape index (κ1) is 22.3. The van der Waals surface area contributed by atoms with Gasteiger partial charge in [0.1, 0.15) is 5.54 Å². The van der Waals surface area contributed by atoms with Crippen LogP contribution in [0.5, 0.6) is 0 Å². The zero-order chi connectivity index (χ0) is 22.9. The molecule has 0 aliphatic carbocycles. The molecule has 32 heavy (non-hydrogen) atoms. The molecule has 3 aliphatic heterocycles. The minimum absolute atomic E-state index is 0.0168. The average Bonchev–Trinajstić information content (AvgIpc) is 3.03. The van der Waals surface area contributed by atoms with E-state index in [1.165, 1.54) is 4.90 Å². The van der Waals surface area contributed by atoms with Gasteiger partial charge in [-0.15, -0.1) is 0 Å². The molecule has 1 atom stereocenters. The van der Waals surface area contributed by atoms with Gasteiger partial charge in [-0.2, -0.15) is 0 Å². The van der Waals surface area contributed by atoms with Crippen LogP contribution in [0.25, 0.3) is 0 Å². The molecule has 3 aliphatic rings. The van der Waals surface area contributed by atoms with Crippen LogP contribution in [0.1, 0.15) is 45.1 Å². The highest BCUT2D eigenvalue weighted by atomic mass is 16.2. The van der Waals surface area contributed by atoms with Gasteiger partial charge in [0.2, 0.25) is 11.8 Å². The lowest BCUT2D eigenvalue weighted by atomic mass is 9.86. The normalized spacial score (nSPS) is 23.1. The third kappa shape index (κ3) is 4.23. The molecular weight excluding hydrogens is 408 g/mol. The van der Waals surface area contributed by atoms with Crippen LogP contribution in [-0.2, 0) is 20.8 Å². The second kappa shape index (κ2) is 8.92. The first-order chi connectivity index (χ1) is 15.3. The number of piperidine rings is 2. The van der Waals surface area contributed by atoms with Gasteiger partial charge in [0.05, 0.1) is 12.5 Å². The number of imide groups is 1. The topological polar surface area (TPSA) is 90.0 Å². The van der Waals surface area contributed by atoms with E-state index in [4.69, 9.17) is 0 Å². The number of benzene rings is 1. The van der Waals surface area contributed by atoms with Crippen molar-refractivity contribution in [1.29, 1.82) is 0 Å². The first-order valence-electron chi connectivity index (χ1n) is 11.6. The Morgan fingerprint density at radius 3 is 2.41 bits per heavy atom. The van der Waals surface area contributed by atoms with E-state index < -0.39 is 5.54 Å². The van der Waals surface area contributed by atoms with Crippen LogP contribution in [0.3, 0.4) is 0 Å². The second-order valence-corrected chi connectivity index (χ2v) is 9.47. The summed E-state index contributed by atoms with van der Waals surface area (Å²) in [5.74, 6) is -0.200. The molecule has 0 saturated carbocycles. The molecule has 0 aromatic heterocycles. The van der Waals surface area contributed by atoms with Gasteiger partial charge in [-0.05, 0) is 31.2 Å². The maximum Gasteiger partial charge on any atom is 0.325 e. The van der Waals surface area contributed by atoms with Gasteiger partial charge in [-0.3, -0.25) is 19.3 Å². The van der Waals surface area contributed by atoms with Crippen LogP contribution >= 0.6 is 0 Å². The van der Waals surface area contributed by atoms with Crippen LogP contribution in [0.4, 0.5) is 4.79 Å². The maximum absolute atomic E-state index is 13.4. The lowest BCUT2D eigenvalue weighted by Gasteiger charge is -2.39. The number of nitrogens with zero attached hydrogens (tertiary/aromatic N) is 3. The zero-order valence-corrected chi connectivity index (χ0v) is 18.9. The largest absolute Gasteiger partial charge is 0.342 e. The lowest BCUT2D eigenvalue weighted by molar-refractivity contribution is -0.142. The van der Waals surface area contributed by atoms with Gasteiger partial charge >= 0.3 is 6.03 Å². The number of carbonyl (C=O) groups is 4. The lowest BCUT2D eigenvalue weighted by Crippen LogP contribution is -2.57. The van der Waals surface area contributed by atoms with E-state index >= 15 is 0 Å². The molecule has 3 fully saturated rings. The van der Waals surface area contributed by atoms with Crippen LogP contribution in [0.15, 0.2) is 30.3 Å². The monoisotopic (exact) mass is 440 g/mol. The summed E-state index contributed by atoms with van der Waals surface area (Å²) in [4.78, 5) is 56.3. The smallest absolute Gasteiger partial charge is 0.325 e. The summed E-state index contributed by atoms with van der Waals surface area (Å²) in [7, 11) is 0. The maximum atomic E-state index is 13.4. The molecule has 5 amide bonds. The number of likely N-dealkylation sites (tertiary alicyclic amines) is 2. The molecule has 1 N–H and O–H groups in total. The Morgan fingerprint density at radius 2 is 1.75 bits per heavy atom. The van der Waals surface area contributed by atoms with E-state index in [0.29, 0.717) is 51.9 Å². The highest BCUT2D eigenvalue weighted by Crippen LogP contribution is 2.32. The fraction of sp³-hybridized carbons (Fsp3) is 0.583. The SMILES string of the molecule is CC(C)C(=O)N1CCC2(CC1)NC(=O)N(C1CCCN(C(=O)Cc3ccccc3)C1)C2=O. The van der Waals surface area contributed by atoms with E-state index in [1.54, 1.807) is 9.80 Å². The predicted octanol–water partition coefficient (Wildman–Crippen LogP) is 1.79. The van der Waals surface area contributed by atoms with Crippen molar-refractivity contribution in [3.63, 3.8) is 0 Å². The highest BCUT2D eigenvalue weighted by Gasteiger charge is 2.54. The van der Waals surface area contributed by atoms with Gasteiger partial charge in [-0.25, -0.2) is 4.79 Å². The van der Waals surface area contributed by atoms with Gasteiger partial charge in [0.15, 0.2) is 0 Å². The van der Waals surface area contributed by atoms with Crippen molar-refractivity contribution in [2.75, 3.05) is 26.2 Å². The Hall–Kier alpha value is -2.90. The van der Waals surface area contributed by atoms with E-state index in [1.807, 2.05) is 44.2 Å². The Labute approximate surface area is 188 Å². The van der Waals surface area contributed by atoms with Crippen LogP contribution in [0.2, 0.25) is 0 Å². The molecule has 4 rings (SSSR count). The molecule has 3 heterocycles. The molecule has 172 valence electrons. The first-order valence-corrected chi connectivity index (χ1v) is 11.6. The molecule has 0 bridgehead atoms. The third-order valence-corrected chi connectivity index (χ3v) is 6.93. The summed E-state index contributed by atoms with van der Waals surface area (Å²) >= 11 is 0. The minimum Gasteiger partial charge on any atom is -0.342 e. The molecule has 3 saturated heterocycles. The van der Waals surface area contributed by atoms with E-state index in [2.05, 4.69) is 5.32 Å². The van der Waals surface area contributed by atoms with Crippen molar-refractivity contribution in [3.05, 3.63) is 35.9 Å². The number of rotatable bonds is 4. The van der Waals surface area contributed by atoms with E-state index in [-0.39, 0.29) is 35.7 Å². The summed E-state index contributed by atoms with van der Waals surface area (Å²) in [6, 6.07) is 8.91. The van der Waals surface area contributed by atoms with Gasteiger partial charge < -0.3 is 15.1 Å². The Kier molecular flexibility index (Phi) is 6.22. The molecule has 8 heteroatoms. The number of carbonyl (C=O) groups excluding carboxylic acids is 4. The quantitative estimate of drug-likeness (QED) is 0.723.